The largest absolute Gasteiger partial charge is 0.394 e. The first-order valence-corrected chi connectivity index (χ1v) is 4.34. The molecule has 0 aromatic carbocycles. The minimum Gasteiger partial charge on any atom is -0.394 e. The number of nitrogens with two attached hydrogens (primary N) is 1. The molecule has 2 aromatic heterocycles. The van der Waals surface area contributed by atoms with E-state index in [1.807, 2.05) is 12.1 Å². The molecule has 2 N–H and O–H groups in total. The van der Waals surface area contributed by atoms with Gasteiger partial charge in [-0.3, -0.25) is 9.25 Å². The lowest BCUT2D eigenvalue weighted by Crippen LogP contribution is -2.01. The average molecular weight is 213 g/mol. The van der Waals surface area contributed by atoms with Crippen LogP contribution in [-0.4, -0.2) is 19.3 Å². The molecule has 0 unspecified atom stereocenters. The number of aryl methyl sites for hydroxylation is 1. The number of imidazole rings is 1. The fourth-order valence-corrected chi connectivity index (χ4v) is 1.38. The summed E-state index contributed by atoms with van der Waals surface area (Å²) in [5.74, 6) is 0.396. The Hall–Kier alpha value is -2.80. The Morgan fingerprint density at radius 1 is 1.38 bits per heavy atom. The summed E-state index contributed by atoms with van der Waals surface area (Å²) >= 11 is 0. The molecule has 2 aromatic rings. The summed E-state index contributed by atoms with van der Waals surface area (Å²) in [6.07, 6.45) is 2.97. The maximum Gasteiger partial charge on any atom is 0.184 e. The van der Waals surface area contributed by atoms with Crippen molar-refractivity contribution in [3.05, 3.63) is 23.9 Å². The topological polar surface area (TPSA) is 109 Å². The lowest BCUT2D eigenvalue weighted by Gasteiger charge is -1.98. The molecular weight excluding hydrogens is 206 g/mol. The number of nitrogen functional groups attached to an aromatic ring is 1. The Morgan fingerprint density at radius 3 is 2.62 bits per heavy atom. The molecule has 0 saturated heterocycles. The highest BCUT2D eigenvalue weighted by Gasteiger charge is 2.15. The highest BCUT2D eigenvalue weighted by atomic mass is 15.3. The predicted octanol–water partition coefficient (Wildman–Crippen LogP) is -0.0686. The van der Waals surface area contributed by atoms with Crippen LogP contribution in [0.4, 0.5) is 5.69 Å². The summed E-state index contributed by atoms with van der Waals surface area (Å²) in [5, 5.41) is 21.8. The molecule has 16 heavy (non-hydrogen) atoms. The molecule has 0 bridgehead atoms. The number of hydrogen-bond acceptors (Lipinski definition) is 5. The van der Waals surface area contributed by atoms with E-state index in [4.69, 9.17) is 16.3 Å². The number of rotatable bonds is 1. The van der Waals surface area contributed by atoms with E-state index in [9.17, 15) is 0 Å². The third kappa shape index (κ3) is 1.28. The molecule has 0 amide bonds. The zero-order chi connectivity index (χ0) is 11.7. The minimum atomic E-state index is 0.0625. The van der Waals surface area contributed by atoms with Crippen LogP contribution in [0.25, 0.3) is 5.82 Å². The normalized spacial score (nSPS) is 9.69. The molecule has 0 aliphatic heterocycles. The molecule has 2 rings (SSSR count). The van der Waals surface area contributed by atoms with Gasteiger partial charge < -0.3 is 5.73 Å². The number of nitrogens with zero attached hydrogens (tertiary/aromatic N) is 6. The van der Waals surface area contributed by atoms with E-state index in [1.165, 1.54) is 15.6 Å². The smallest absolute Gasteiger partial charge is 0.184 e. The molecule has 2 heterocycles. The van der Waals surface area contributed by atoms with Crippen molar-refractivity contribution in [2.75, 3.05) is 5.73 Å². The Balaban J connectivity index is 2.67. The van der Waals surface area contributed by atoms with Crippen molar-refractivity contribution in [2.24, 2.45) is 7.05 Å². The van der Waals surface area contributed by atoms with Gasteiger partial charge in [-0.1, -0.05) is 0 Å². The van der Waals surface area contributed by atoms with Gasteiger partial charge in [0.05, 0.1) is 5.69 Å². The first-order chi connectivity index (χ1) is 7.67. The van der Waals surface area contributed by atoms with Crippen molar-refractivity contribution < 1.29 is 0 Å². The van der Waals surface area contributed by atoms with Crippen molar-refractivity contribution >= 4 is 5.69 Å². The van der Waals surface area contributed by atoms with E-state index in [0.717, 1.165) is 0 Å². The molecular formula is C9H7N7. The fraction of sp³-hybridized carbons (Fsp3) is 0.111. The van der Waals surface area contributed by atoms with Crippen LogP contribution in [0.2, 0.25) is 0 Å². The average Bonchev–Trinajstić information content (AvgIpc) is 2.80. The summed E-state index contributed by atoms with van der Waals surface area (Å²) in [6.45, 7) is 0. The quantitative estimate of drug-likeness (QED) is 0.713. The second-order valence-corrected chi connectivity index (χ2v) is 3.12. The minimum absolute atomic E-state index is 0.0625. The van der Waals surface area contributed by atoms with Crippen molar-refractivity contribution in [1.82, 2.24) is 19.3 Å². The van der Waals surface area contributed by atoms with Crippen molar-refractivity contribution in [1.29, 1.82) is 10.5 Å². The van der Waals surface area contributed by atoms with E-state index in [2.05, 4.69) is 10.1 Å². The van der Waals surface area contributed by atoms with Gasteiger partial charge in [-0.15, -0.1) is 0 Å². The van der Waals surface area contributed by atoms with E-state index in [-0.39, 0.29) is 11.4 Å². The van der Waals surface area contributed by atoms with Crippen LogP contribution in [0.5, 0.6) is 0 Å². The standard InChI is InChI=1S/C9H7N7/c1-15-4-6(12)9(14-15)16-5-13-7(2-10)8(16)3-11/h4-5H,12H2,1H3. The lowest BCUT2D eigenvalue weighted by atomic mass is 10.3. The summed E-state index contributed by atoms with van der Waals surface area (Å²) in [7, 11) is 1.72. The van der Waals surface area contributed by atoms with Gasteiger partial charge in [-0.2, -0.15) is 15.6 Å². The van der Waals surface area contributed by atoms with Crippen molar-refractivity contribution in [3.63, 3.8) is 0 Å². The first kappa shape index (κ1) is 9.74. The summed E-state index contributed by atoms with van der Waals surface area (Å²) in [6, 6.07) is 3.74. The molecule has 0 spiro atoms. The van der Waals surface area contributed by atoms with E-state index in [1.54, 1.807) is 13.2 Å². The van der Waals surface area contributed by atoms with Crippen LogP contribution in [0.1, 0.15) is 11.4 Å². The van der Waals surface area contributed by atoms with Gasteiger partial charge in [0.2, 0.25) is 0 Å². The highest BCUT2D eigenvalue weighted by Crippen LogP contribution is 2.17. The predicted molar refractivity (Wildman–Crippen MR) is 54.2 cm³/mol. The van der Waals surface area contributed by atoms with Gasteiger partial charge in [-0.05, 0) is 0 Å². The van der Waals surface area contributed by atoms with E-state index < -0.39 is 0 Å². The number of hydrogen-bond donors (Lipinski definition) is 1. The van der Waals surface area contributed by atoms with Gasteiger partial charge in [0, 0.05) is 13.2 Å². The molecule has 0 radical (unpaired) electrons. The lowest BCUT2D eigenvalue weighted by molar-refractivity contribution is 0.749. The maximum atomic E-state index is 8.94. The summed E-state index contributed by atoms with van der Waals surface area (Å²) in [4.78, 5) is 3.81. The van der Waals surface area contributed by atoms with Gasteiger partial charge in [0.15, 0.2) is 17.2 Å². The Morgan fingerprint density at radius 2 is 2.12 bits per heavy atom. The SMILES string of the molecule is Cn1cc(N)c(-n2cnc(C#N)c2C#N)n1. The Kier molecular flexibility index (Phi) is 2.07. The fourth-order valence-electron chi connectivity index (χ4n) is 1.38. The van der Waals surface area contributed by atoms with Crippen molar-refractivity contribution in [2.45, 2.75) is 0 Å². The van der Waals surface area contributed by atoms with E-state index >= 15 is 0 Å². The second-order valence-electron chi connectivity index (χ2n) is 3.12. The zero-order valence-corrected chi connectivity index (χ0v) is 8.42. The molecule has 0 fully saturated rings. The summed E-state index contributed by atoms with van der Waals surface area (Å²) < 4.78 is 2.92. The van der Waals surface area contributed by atoms with Gasteiger partial charge in [-0.25, -0.2) is 4.98 Å². The van der Waals surface area contributed by atoms with Crippen molar-refractivity contribution in [3.8, 4) is 18.0 Å². The number of nitriles is 2. The molecule has 7 nitrogen and oxygen atoms in total. The van der Waals surface area contributed by atoms with Crippen LogP contribution in [-0.2, 0) is 7.05 Å². The zero-order valence-electron chi connectivity index (χ0n) is 8.42. The molecule has 0 saturated carbocycles. The van der Waals surface area contributed by atoms with Crippen LogP contribution < -0.4 is 5.73 Å². The molecule has 7 heteroatoms. The molecule has 0 aliphatic rings. The molecule has 0 aliphatic carbocycles. The Bertz CT molecular complexity index is 619. The van der Waals surface area contributed by atoms with Gasteiger partial charge >= 0.3 is 0 Å². The second kappa shape index (κ2) is 3.41. The highest BCUT2D eigenvalue weighted by molar-refractivity contribution is 5.54. The third-order valence-electron chi connectivity index (χ3n) is 2.04. The maximum absolute atomic E-state index is 8.94. The molecule has 78 valence electrons. The Labute approximate surface area is 91.0 Å². The van der Waals surface area contributed by atoms with Crippen LogP contribution in [0.15, 0.2) is 12.5 Å². The van der Waals surface area contributed by atoms with Crippen LogP contribution >= 0.6 is 0 Å². The monoisotopic (exact) mass is 213 g/mol. The summed E-state index contributed by atoms with van der Waals surface area (Å²) in [5.41, 5.74) is 6.34. The van der Waals surface area contributed by atoms with Gasteiger partial charge in [0.25, 0.3) is 0 Å². The van der Waals surface area contributed by atoms with Crippen LogP contribution in [0.3, 0.4) is 0 Å². The van der Waals surface area contributed by atoms with E-state index in [0.29, 0.717) is 11.5 Å². The number of anilines is 1. The van der Waals surface area contributed by atoms with Gasteiger partial charge in [0.1, 0.15) is 18.5 Å². The first-order valence-electron chi connectivity index (χ1n) is 4.34. The molecule has 0 atom stereocenters. The van der Waals surface area contributed by atoms with Crippen LogP contribution in [0, 0.1) is 22.7 Å². The number of aromatic nitrogens is 4. The third-order valence-corrected chi connectivity index (χ3v) is 2.04.